The monoisotopic (exact) mass is 287 g/mol. The molecule has 0 amide bonds. The van der Waals surface area contributed by atoms with E-state index in [-0.39, 0.29) is 0 Å². The lowest BCUT2D eigenvalue weighted by Gasteiger charge is -2.31. The van der Waals surface area contributed by atoms with Gasteiger partial charge in [0.2, 0.25) is 0 Å². The molecular formula is C12H18ClN3OS. The van der Waals surface area contributed by atoms with Gasteiger partial charge in [0.1, 0.15) is 5.02 Å². The lowest BCUT2D eigenvalue weighted by molar-refractivity contribution is 0.380. The molecule has 2 atom stereocenters. The molecule has 0 bridgehead atoms. The first-order valence-corrected chi connectivity index (χ1v) is 7.77. The molecule has 0 aromatic carbocycles. The molecule has 0 spiro atoms. The van der Waals surface area contributed by atoms with Gasteiger partial charge in [-0.1, -0.05) is 24.4 Å². The summed E-state index contributed by atoms with van der Waals surface area (Å²) in [6.45, 7) is 0. The van der Waals surface area contributed by atoms with Crippen molar-refractivity contribution in [3.05, 3.63) is 11.2 Å². The quantitative estimate of drug-likeness (QED) is 0.921. The van der Waals surface area contributed by atoms with Crippen molar-refractivity contribution in [1.29, 1.82) is 0 Å². The highest BCUT2D eigenvalue weighted by molar-refractivity contribution is 7.99. The smallest absolute Gasteiger partial charge is 0.318 e. The SMILES string of the molecule is COc1ncc(Cl)c(NC2CCCCC2SC)n1. The first-order chi connectivity index (χ1) is 8.74. The van der Waals surface area contributed by atoms with E-state index in [1.807, 2.05) is 11.8 Å². The third-order valence-corrected chi connectivity index (χ3v) is 4.68. The number of ether oxygens (including phenoxy) is 1. The summed E-state index contributed by atoms with van der Waals surface area (Å²) in [6, 6.07) is 0.768. The van der Waals surface area contributed by atoms with Gasteiger partial charge in [-0.2, -0.15) is 16.7 Å². The molecule has 0 radical (unpaired) electrons. The minimum absolute atomic E-state index is 0.346. The number of thioether (sulfide) groups is 1. The lowest BCUT2D eigenvalue weighted by atomic mass is 9.95. The molecule has 18 heavy (non-hydrogen) atoms. The van der Waals surface area contributed by atoms with Crippen LogP contribution in [0.2, 0.25) is 5.02 Å². The molecule has 0 saturated heterocycles. The van der Waals surface area contributed by atoms with Crippen LogP contribution in [0.3, 0.4) is 0 Å². The predicted molar refractivity (Wildman–Crippen MR) is 76.8 cm³/mol. The van der Waals surface area contributed by atoms with Crippen LogP contribution in [0.4, 0.5) is 5.82 Å². The van der Waals surface area contributed by atoms with Gasteiger partial charge in [-0.25, -0.2) is 4.98 Å². The highest BCUT2D eigenvalue weighted by Crippen LogP contribution is 2.31. The summed E-state index contributed by atoms with van der Waals surface area (Å²) in [6.07, 6.45) is 8.71. The number of hydrogen-bond acceptors (Lipinski definition) is 5. The van der Waals surface area contributed by atoms with Crippen molar-refractivity contribution >= 4 is 29.2 Å². The van der Waals surface area contributed by atoms with Crippen LogP contribution in [0.15, 0.2) is 6.20 Å². The fraction of sp³-hybridized carbons (Fsp3) is 0.667. The van der Waals surface area contributed by atoms with Crippen LogP contribution in [-0.4, -0.2) is 34.6 Å². The summed E-state index contributed by atoms with van der Waals surface area (Å²) in [5.74, 6) is 0.675. The maximum absolute atomic E-state index is 6.11. The molecule has 2 unspecified atom stereocenters. The largest absolute Gasteiger partial charge is 0.467 e. The van der Waals surface area contributed by atoms with Crippen molar-refractivity contribution < 1.29 is 4.74 Å². The maximum Gasteiger partial charge on any atom is 0.318 e. The molecule has 2 rings (SSSR count). The minimum Gasteiger partial charge on any atom is -0.467 e. The number of nitrogens with zero attached hydrogens (tertiary/aromatic N) is 2. The second-order valence-electron chi connectivity index (χ2n) is 4.36. The van der Waals surface area contributed by atoms with E-state index in [1.165, 1.54) is 19.3 Å². The van der Waals surface area contributed by atoms with Crippen molar-refractivity contribution in [2.24, 2.45) is 0 Å². The zero-order chi connectivity index (χ0) is 13.0. The fourth-order valence-electron chi connectivity index (χ4n) is 2.27. The fourth-order valence-corrected chi connectivity index (χ4v) is 3.35. The third kappa shape index (κ3) is 3.20. The van der Waals surface area contributed by atoms with Crippen molar-refractivity contribution in [2.45, 2.75) is 37.0 Å². The summed E-state index contributed by atoms with van der Waals surface area (Å²) in [5.41, 5.74) is 0. The number of hydrogen-bond donors (Lipinski definition) is 1. The van der Waals surface area contributed by atoms with E-state index in [1.54, 1.807) is 13.3 Å². The molecule has 1 aromatic heterocycles. The van der Waals surface area contributed by atoms with E-state index in [0.29, 0.717) is 28.1 Å². The molecule has 1 heterocycles. The summed E-state index contributed by atoms with van der Waals surface area (Å²) >= 11 is 8.02. The summed E-state index contributed by atoms with van der Waals surface area (Å²) in [7, 11) is 1.55. The van der Waals surface area contributed by atoms with Crippen molar-refractivity contribution in [1.82, 2.24) is 9.97 Å². The zero-order valence-corrected chi connectivity index (χ0v) is 12.2. The summed E-state index contributed by atoms with van der Waals surface area (Å²) in [5, 5.41) is 4.60. The van der Waals surface area contributed by atoms with Gasteiger partial charge in [0, 0.05) is 11.3 Å². The Balaban J connectivity index is 2.11. The number of anilines is 1. The van der Waals surface area contributed by atoms with Gasteiger partial charge in [-0.15, -0.1) is 0 Å². The minimum atomic E-state index is 0.346. The average Bonchev–Trinajstić information content (AvgIpc) is 2.42. The maximum atomic E-state index is 6.11. The Morgan fingerprint density at radius 3 is 2.94 bits per heavy atom. The van der Waals surface area contributed by atoms with E-state index in [0.717, 1.165) is 6.42 Å². The second-order valence-corrected chi connectivity index (χ2v) is 5.85. The topological polar surface area (TPSA) is 47.0 Å². The number of halogens is 1. The zero-order valence-electron chi connectivity index (χ0n) is 10.6. The molecule has 0 aliphatic heterocycles. The highest BCUT2D eigenvalue weighted by atomic mass is 35.5. The van der Waals surface area contributed by atoms with Gasteiger partial charge in [-0.05, 0) is 19.1 Å². The van der Waals surface area contributed by atoms with Crippen molar-refractivity contribution in [3.63, 3.8) is 0 Å². The van der Waals surface area contributed by atoms with Crippen LogP contribution in [-0.2, 0) is 0 Å². The Kier molecular flexibility index (Phi) is 4.95. The first-order valence-electron chi connectivity index (χ1n) is 6.10. The van der Waals surface area contributed by atoms with Gasteiger partial charge in [0.15, 0.2) is 5.82 Å². The molecule has 1 aromatic rings. The first kappa shape index (κ1) is 13.7. The molecule has 1 aliphatic rings. The molecule has 4 nitrogen and oxygen atoms in total. The Bertz CT molecular complexity index is 405. The number of nitrogens with one attached hydrogen (secondary N) is 1. The van der Waals surface area contributed by atoms with Gasteiger partial charge in [0.05, 0.1) is 13.3 Å². The van der Waals surface area contributed by atoms with E-state index >= 15 is 0 Å². The van der Waals surface area contributed by atoms with Gasteiger partial charge in [0.25, 0.3) is 0 Å². The standard InChI is InChI=1S/C12H18ClN3OS/c1-17-12-14-7-8(13)11(16-12)15-9-5-3-4-6-10(9)18-2/h7,9-10H,3-6H2,1-2H3,(H,14,15,16). The molecule has 1 fully saturated rings. The Morgan fingerprint density at radius 1 is 1.44 bits per heavy atom. The Labute approximate surface area is 117 Å². The summed E-state index contributed by atoms with van der Waals surface area (Å²) < 4.78 is 5.03. The van der Waals surface area contributed by atoms with Crippen molar-refractivity contribution in [2.75, 3.05) is 18.7 Å². The summed E-state index contributed by atoms with van der Waals surface area (Å²) in [4.78, 5) is 8.25. The lowest BCUT2D eigenvalue weighted by Crippen LogP contribution is -2.34. The number of methoxy groups -OCH3 is 1. The third-order valence-electron chi connectivity index (χ3n) is 3.23. The normalized spacial score (nSPS) is 23.7. The van der Waals surface area contributed by atoms with E-state index in [4.69, 9.17) is 16.3 Å². The molecule has 1 aliphatic carbocycles. The second kappa shape index (κ2) is 6.48. The molecule has 6 heteroatoms. The van der Waals surface area contributed by atoms with Gasteiger partial charge < -0.3 is 10.1 Å². The van der Waals surface area contributed by atoms with Crippen LogP contribution in [0.1, 0.15) is 25.7 Å². The number of rotatable bonds is 4. The number of aromatic nitrogens is 2. The Morgan fingerprint density at radius 2 is 2.22 bits per heavy atom. The van der Waals surface area contributed by atoms with E-state index < -0.39 is 0 Å². The molecular weight excluding hydrogens is 270 g/mol. The molecule has 100 valence electrons. The van der Waals surface area contributed by atoms with E-state index in [2.05, 4.69) is 21.5 Å². The van der Waals surface area contributed by atoms with Crippen LogP contribution in [0, 0.1) is 0 Å². The van der Waals surface area contributed by atoms with Crippen molar-refractivity contribution in [3.8, 4) is 6.01 Å². The van der Waals surface area contributed by atoms with E-state index in [9.17, 15) is 0 Å². The van der Waals surface area contributed by atoms with Crippen LogP contribution < -0.4 is 10.1 Å². The van der Waals surface area contributed by atoms with Crippen LogP contribution in [0.5, 0.6) is 6.01 Å². The average molecular weight is 288 g/mol. The Hall–Kier alpha value is -0.680. The van der Waals surface area contributed by atoms with Gasteiger partial charge >= 0.3 is 6.01 Å². The predicted octanol–water partition coefficient (Wildman–Crippen LogP) is 3.22. The molecule has 1 N–H and O–H groups in total. The molecule has 1 saturated carbocycles. The van der Waals surface area contributed by atoms with Crippen LogP contribution >= 0.6 is 23.4 Å². The van der Waals surface area contributed by atoms with Gasteiger partial charge in [-0.3, -0.25) is 0 Å². The van der Waals surface area contributed by atoms with Crippen LogP contribution in [0.25, 0.3) is 0 Å². The highest BCUT2D eigenvalue weighted by Gasteiger charge is 2.25.